The molecule has 0 amide bonds. The molecule has 106 valence electrons. The molecule has 0 spiro atoms. The van der Waals surface area contributed by atoms with Gasteiger partial charge in [0.25, 0.3) is 0 Å². The van der Waals surface area contributed by atoms with Crippen molar-refractivity contribution < 1.29 is 9.53 Å². The molecule has 19 heavy (non-hydrogen) atoms. The number of unbranched alkanes of at least 4 members (excludes halogenated alkanes) is 1. The highest BCUT2D eigenvalue weighted by Crippen LogP contribution is 2.27. The number of nitrogens with zero attached hydrogens (tertiary/aromatic N) is 3. The molecule has 0 atom stereocenters. The number of hydrogen-bond donors (Lipinski definition) is 1. The first-order valence-corrected chi connectivity index (χ1v) is 7.00. The number of rotatable bonds is 5. The minimum atomic E-state index is -0.378. The van der Waals surface area contributed by atoms with Gasteiger partial charge in [-0.2, -0.15) is 0 Å². The molecule has 0 aliphatic carbocycles. The van der Waals surface area contributed by atoms with E-state index in [0.29, 0.717) is 11.6 Å². The Labute approximate surface area is 113 Å². The molecule has 0 saturated carbocycles. The van der Waals surface area contributed by atoms with Crippen molar-refractivity contribution in [2.24, 2.45) is 0 Å². The average Bonchev–Trinajstić information content (AvgIpc) is 2.89. The van der Waals surface area contributed by atoms with Crippen LogP contribution in [-0.4, -0.2) is 41.2 Å². The Kier molecular flexibility index (Phi) is 4.90. The number of ether oxygens (including phenoxy) is 1. The molecule has 0 bridgehead atoms. The highest BCUT2D eigenvalue weighted by Gasteiger charge is 2.28. The SMILES string of the molecule is CCCCn1nnc(C(=O)OC)c1C1CCNCC1. The summed E-state index contributed by atoms with van der Waals surface area (Å²) < 4.78 is 6.71. The van der Waals surface area contributed by atoms with Crippen LogP contribution in [0.25, 0.3) is 0 Å². The zero-order chi connectivity index (χ0) is 13.7. The van der Waals surface area contributed by atoms with Gasteiger partial charge in [-0.05, 0) is 32.4 Å². The van der Waals surface area contributed by atoms with Gasteiger partial charge in [0, 0.05) is 12.5 Å². The van der Waals surface area contributed by atoms with Gasteiger partial charge in [-0.1, -0.05) is 18.6 Å². The molecule has 6 heteroatoms. The monoisotopic (exact) mass is 266 g/mol. The zero-order valence-corrected chi connectivity index (χ0v) is 11.7. The molecule has 1 aliphatic heterocycles. The molecular formula is C13H22N4O2. The Bertz CT molecular complexity index is 424. The first-order valence-electron chi connectivity index (χ1n) is 7.00. The second-order valence-corrected chi connectivity index (χ2v) is 4.92. The van der Waals surface area contributed by atoms with Gasteiger partial charge in [-0.25, -0.2) is 9.48 Å². The number of esters is 1. The van der Waals surface area contributed by atoms with E-state index in [1.807, 2.05) is 4.68 Å². The largest absolute Gasteiger partial charge is 0.464 e. The van der Waals surface area contributed by atoms with E-state index >= 15 is 0 Å². The third-order valence-corrected chi connectivity index (χ3v) is 3.60. The van der Waals surface area contributed by atoms with Crippen molar-refractivity contribution in [2.75, 3.05) is 20.2 Å². The smallest absolute Gasteiger partial charge is 0.360 e. The predicted molar refractivity (Wildman–Crippen MR) is 71.1 cm³/mol. The fraction of sp³-hybridized carbons (Fsp3) is 0.769. The van der Waals surface area contributed by atoms with Gasteiger partial charge in [0.05, 0.1) is 12.8 Å². The number of piperidine rings is 1. The molecule has 0 unspecified atom stereocenters. The summed E-state index contributed by atoms with van der Waals surface area (Å²) in [5, 5.41) is 11.5. The van der Waals surface area contributed by atoms with Crippen molar-refractivity contribution >= 4 is 5.97 Å². The van der Waals surface area contributed by atoms with Crippen LogP contribution in [0.15, 0.2) is 0 Å². The van der Waals surface area contributed by atoms with Gasteiger partial charge in [0.15, 0.2) is 5.69 Å². The number of aryl methyl sites for hydroxylation is 1. The molecule has 1 fully saturated rings. The van der Waals surface area contributed by atoms with Crippen LogP contribution in [0, 0.1) is 0 Å². The van der Waals surface area contributed by atoms with Crippen molar-refractivity contribution in [3.05, 3.63) is 11.4 Å². The quantitative estimate of drug-likeness (QED) is 0.814. The van der Waals surface area contributed by atoms with E-state index < -0.39 is 0 Å². The molecule has 1 saturated heterocycles. The molecule has 6 nitrogen and oxygen atoms in total. The van der Waals surface area contributed by atoms with Crippen LogP contribution in [0.4, 0.5) is 0 Å². The molecular weight excluding hydrogens is 244 g/mol. The highest BCUT2D eigenvalue weighted by atomic mass is 16.5. The van der Waals surface area contributed by atoms with Crippen molar-refractivity contribution in [1.29, 1.82) is 0 Å². The molecule has 2 heterocycles. The standard InChI is InChI=1S/C13H22N4O2/c1-3-4-9-17-12(10-5-7-14-8-6-10)11(15-16-17)13(18)19-2/h10,14H,3-9H2,1-2H3. The van der Waals surface area contributed by atoms with Crippen LogP contribution in [0.1, 0.15) is 54.7 Å². The molecule has 0 radical (unpaired) electrons. The predicted octanol–water partition coefficient (Wildman–Crippen LogP) is 1.33. The Morgan fingerprint density at radius 1 is 1.47 bits per heavy atom. The molecule has 1 N–H and O–H groups in total. The Balaban J connectivity index is 2.28. The zero-order valence-electron chi connectivity index (χ0n) is 11.7. The summed E-state index contributed by atoms with van der Waals surface area (Å²) in [6, 6.07) is 0. The maximum absolute atomic E-state index is 11.8. The van der Waals surface area contributed by atoms with E-state index in [1.54, 1.807) is 0 Å². The van der Waals surface area contributed by atoms with E-state index in [4.69, 9.17) is 4.74 Å². The van der Waals surface area contributed by atoms with Gasteiger partial charge in [0.2, 0.25) is 0 Å². The Morgan fingerprint density at radius 2 is 2.21 bits per heavy atom. The summed E-state index contributed by atoms with van der Waals surface area (Å²) >= 11 is 0. The number of methoxy groups -OCH3 is 1. The van der Waals surface area contributed by atoms with E-state index in [-0.39, 0.29) is 5.97 Å². The van der Waals surface area contributed by atoms with Crippen LogP contribution in [0.5, 0.6) is 0 Å². The number of carbonyl (C=O) groups excluding carboxylic acids is 1. The summed E-state index contributed by atoms with van der Waals surface area (Å²) in [7, 11) is 1.39. The van der Waals surface area contributed by atoms with Crippen LogP contribution >= 0.6 is 0 Å². The van der Waals surface area contributed by atoms with Crippen molar-refractivity contribution in [2.45, 2.75) is 45.1 Å². The van der Waals surface area contributed by atoms with E-state index in [2.05, 4.69) is 22.6 Å². The van der Waals surface area contributed by atoms with E-state index in [0.717, 1.165) is 51.0 Å². The topological polar surface area (TPSA) is 69.0 Å². The average molecular weight is 266 g/mol. The first kappa shape index (κ1) is 14.0. The van der Waals surface area contributed by atoms with Crippen LogP contribution in [0.3, 0.4) is 0 Å². The lowest BCUT2D eigenvalue weighted by Crippen LogP contribution is -2.29. The number of nitrogens with one attached hydrogen (secondary N) is 1. The normalized spacial score (nSPS) is 16.5. The summed E-state index contributed by atoms with van der Waals surface area (Å²) in [4.78, 5) is 11.8. The minimum absolute atomic E-state index is 0.349. The summed E-state index contributed by atoms with van der Waals surface area (Å²) in [5.41, 5.74) is 1.35. The Hall–Kier alpha value is -1.43. The number of carbonyl (C=O) groups is 1. The van der Waals surface area contributed by atoms with Gasteiger partial charge in [-0.3, -0.25) is 0 Å². The lowest BCUT2D eigenvalue weighted by Gasteiger charge is -2.23. The number of aromatic nitrogens is 3. The van der Waals surface area contributed by atoms with Gasteiger partial charge >= 0.3 is 5.97 Å². The maximum Gasteiger partial charge on any atom is 0.360 e. The van der Waals surface area contributed by atoms with E-state index in [1.165, 1.54) is 7.11 Å². The van der Waals surface area contributed by atoms with Crippen LogP contribution in [-0.2, 0) is 11.3 Å². The third kappa shape index (κ3) is 3.12. The summed E-state index contributed by atoms with van der Waals surface area (Å²) in [5.74, 6) is -0.0292. The van der Waals surface area contributed by atoms with E-state index in [9.17, 15) is 4.79 Å². The Morgan fingerprint density at radius 3 is 2.84 bits per heavy atom. The highest BCUT2D eigenvalue weighted by molar-refractivity contribution is 5.88. The molecule has 1 aromatic heterocycles. The summed E-state index contributed by atoms with van der Waals surface area (Å²) in [6.07, 6.45) is 4.17. The third-order valence-electron chi connectivity index (χ3n) is 3.60. The fourth-order valence-corrected chi connectivity index (χ4v) is 2.53. The van der Waals surface area contributed by atoms with Gasteiger partial charge in [-0.15, -0.1) is 5.10 Å². The van der Waals surface area contributed by atoms with Crippen LogP contribution < -0.4 is 5.32 Å². The fourth-order valence-electron chi connectivity index (χ4n) is 2.53. The van der Waals surface area contributed by atoms with Crippen molar-refractivity contribution in [1.82, 2.24) is 20.3 Å². The lowest BCUT2D eigenvalue weighted by molar-refractivity contribution is 0.0591. The van der Waals surface area contributed by atoms with Crippen molar-refractivity contribution in [3.8, 4) is 0 Å². The summed E-state index contributed by atoms with van der Waals surface area (Å²) in [6.45, 7) is 4.91. The lowest BCUT2D eigenvalue weighted by atomic mass is 9.93. The van der Waals surface area contributed by atoms with Gasteiger partial charge in [0.1, 0.15) is 0 Å². The maximum atomic E-state index is 11.8. The van der Waals surface area contributed by atoms with Crippen molar-refractivity contribution in [3.63, 3.8) is 0 Å². The minimum Gasteiger partial charge on any atom is -0.464 e. The van der Waals surface area contributed by atoms with Gasteiger partial charge < -0.3 is 10.1 Å². The number of hydrogen-bond acceptors (Lipinski definition) is 5. The first-order chi connectivity index (χ1) is 9.27. The molecule has 1 aliphatic rings. The second kappa shape index (κ2) is 6.65. The van der Waals surface area contributed by atoms with Crippen LogP contribution in [0.2, 0.25) is 0 Å². The molecule has 0 aromatic carbocycles. The molecule has 2 rings (SSSR count). The second-order valence-electron chi connectivity index (χ2n) is 4.92. The molecule has 1 aromatic rings.